The number of hydrogen-bond acceptors (Lipinski definition) is 4. The molecule has 0 saturated carbocycles. The molecule has 6 heteroatoms. The average molecular weight is 267 g/mol. The number of aromatic nitrogens is 2. The van der Waals surface area contributed by atoms with Crippen molar-refractivity contribution in [1.29, 1.82) is 0 Å². The SMILES string of the molecule is NNC(=O)c1ccc2cncc(Br)c2n1. The first-order valence-electron chi connectivity index (χ1n) is 4.13. The van der Waals surface area contributed by atoms with Crippen molar-refractivity contribution >= 4 is 32.7 Å². The van der Waals surface area contributed by atoms with E-state index in [0.717, 1.165) is 9.86 Å². The molecule has 0 saturated heterocycles. The van der Waals surface area contributed by atoms with Gasteiger partial charge < -0.3 is 0 Å². The maximum Gasteiger partial charge on any atom is 0.283 e. The molecule has 0 aliphatic rings. The highest BCUT2D eigenvalue weighted by Gasteiger charge is 2.07. The van der Waals surface area contributed by atoms with E-state index in [0.29, 0.717) is 5.52 Å². The number of carbonyl (C=O) groups is 1. The van der Waals surface area contributed by atoms with E-state index in [9.17, 15) is 4.79 Å². The summed E-state index contributed by atoms with van der Waals surface area (Å²) in [7, 11) is 0. The molecule has 2 heterocycles. The van der Waals surface area contributed by atoms with Crippen LogP contribution in [0, 0.1) is 0 Å². The Morgan fingerprint density at radius 2 is 2.20 bits per heavy atom. The van der Waals surface area contributed by atoms with E-state index in [1.54, 1.807) is 24.5 Å². The minimum absolute atomic E-state index is 0.275. The van der Waals surface area contributed by atoms with E-state index in [-0.39, 0.29) is 5.69 Å². The Labute approximate surface area is 93.8 Å². The number of halogens is 1. The Bertz CT molecular complexity index is 529. The van der Waals surface area contributed by atoms with Gasteiger partial charge in [-0.3, -0.25) is 15.2 Å². The molecule has 0 bridgehead atoms. The Morgan fingerprint density at radius 1 is 1.40 bits per heavy atom. The number of carbonyl (C=O) groups excluding carboxylic acids is 1. The smallest absolute Gasteiger partial charge is 0.283 e. The summed E-state index contributed by atoms with van der Waals surface area (Å²) in [6, 6.07) is 3.36. The zero-order valence-corrected chi connectivity index (χ0v) is 9.15. The van der Waals surface area contributed by atoms with Crippen LogP contribution in [0.5, 0.6) is 0 Å². The second-order valence-corrected chi connectivity index (χ2v) is 3.72. The third-order valence-corrected chi connectivity index (χ3v) is 2.50. The molecule has 3 N–H and O–H groups in total. The lowest BCUT2D eigenvalue weighted by molar-refractivity contribution is 0.0949. The number of hydrazine groups is 1. The third-order valence-electron chi connectivity index (χ3n) is 1.92. The number of nitrogens with two attached hydrogens (primary N) is 1. The van der Waals surface area contributed by atoms with Crippen molar-refractivity contribution in [3.8, 4) is 0 Å². The number of nitrogen functional groups attached to an aromatic ring is 1. The van der Waals surface area contributed by atoms with E-state index in [2.05, 4.69) is 25.9 Å². The first-order valence-corrected chi connectivity index (χ1v) is 4.93. The summed E-state index contributed by atoms with van der Waals surface area (Å²) in [6.07, 6.45) is 3.30. The molecule has 0 spiro atoms. The maximum atomic E-state index is 11.2. The van der Waals surface area contributed by atoms with E-state index in [4.69, 9.17) is 5.84 Å². The molecule has 0 aliphatic carbocycles. The van der Waals surface area contributed by atoms with E-state index in [1.807, 2.05) is 5.43 Å². The van der Waals surface area contributed by atoms with Gasteiger partial charge in [-0.15, -0.1) is 0 Å². The number of nitrogens with one attached hydrogen (secondary N) is 1. The van der Waals surface area contributed by atoms with Crippen LogP contribution in [0.1, 0.15) is 10.5 Å². The molecule has 0 fully saturated rings. The summed E-state index contributed by atoms with van der Waals surface area (Å²) in [5, 5.41) is 0.859. The van der Waals surface area contributed by atoms with Crippen molar-refractivity contribution in [2.24, 2.45) is 5.84 Å². The fourth-order valence-corrected chi connectivity index (χ4v) is 1.65. The van der Waals surface area contributed by atoms with Crippen molar-refractivity contribution in [1.82, 2.24) is 15.4 Å². The molecular weight excluding hydrogens is 260 g/mol. The summed E-state index contributed by atoms with van der Waals surface area (Å²) in [6.45, 7) is 0. The molecule has 2 aromatic heterocycles. The highest BCUT2D eigenvalue weighted by molar-refractivity contribution is 9.10. The molecule has 0 radical (unpaired) electrons. The highest BCUT2D eigenvalue weighted by atomic mass is 79.9. The van der Waals surface area contributed by atoms with Gasteiger partial charge in [0.15, 0.2) is 0 Å². The summed E-state index contributed by atoms with van der Waals surface area (Å²) >= 11 is 3.31. The number of amides is 1. The summed E-state index contributed by atoms with van der Waals surface area (Å²) in [5.74, 6) is 4.61. The minimum atomic E-state index is -0.416. The van der Waals surface area contributed by atoms with Gasteiger partial charge >= 0.3 is 0 Å². The van der Waals surface area contributed by atoms with Gasteiger partial charge in [-0.1, -0.05) is 0 Å². The molecule has 15 heavy (non-hydrogen) atoms. The standard InChI is InChI=1S/C9H7BrN4O/c10-6-4-12-3-5-1-2-7(9(15)14-11)13-8(5)6/h1-4H,11H2,(H,14,15). The zero-order chi connectivity index (χ0) is 10.8. The Hall–Kier alpha value is -1.53. The molecule has 5 nitrogen and oxygen atoms in total. The van der Waals surface area contributed by atoms with Crippen LogP contribution in [-0.4, -0.2) is 15.9 Å². The molecule has 1 amide bonds. The number of rotatable bonds is 1. The largest absolute Gasteiger partial charge is 0.289 e. The summed E-state index contributed by atoms with van der Waals surface area (Å²) in [4.78, 5) is 19.4. The first kappa shape index (κ1) is 10.0. The predicted octanol–water partition coefficient (Wildman–Crippen LogP) is 0.996. The lowest BCUT2D eigenvalue weighted by Gasteiger charge is -2.02. The van der Waals surface area contributed by atoms with Crippen molar-refractivity contribution in [2.45, 2.75) is 0 Å². The van der Waals surface area contributed by atoms with Crippen molar-refractivity contribution in [2.75, 3.05) is 0 Å². The molecule has 2 rings (SSSR count). The third kappa shape index (κ3) is 1.81. The topological polar surface area (TPSA) is 80.9 Å². The molecule has 2 aromatic rings. The van der Waals surface area contributed by atoms with Crippen LogP contribution in [0.3, 0.4) is 0 Å². The molecule has 0 atom stereocenters. The molecule has 0 aromatic carbocycles. The fourth-order valence-electron chi connectivity index (χ4n) is 1.21. The zero-order valence-electron chi connectivity index (χ0n) is 7.57. The number of hydrogen-bond donors (Lipinski definition) is 2. The quantitative estimate of drug-likeness (QED) is 0.458. The minimum Gasteiger partial charge on any atom is -0.289 e. The Balaban J connectivity index is 2.64. The lowest BCUT2D eigenvalue weighted by atomic mass is 10.2. The van der Waals surface area contributed by atoms with Crippen LogP contribution < -0.4 is 11.3 Å². The van der Waals surface area contributed by atoms with E-state index < -0.39 is 5.91 Å². The van der Waals surface area contributed by atoms with Gasteiger partial charge in [0.05, 0.1) is 9.99 Å². The normalized spacial score (nSPS) is 10.3. The van der Waals surface area contributed by atoms with Crippen molar-refractivity contribution in [3.63, 3.8) is 0 Å². The molecule has 76 valence electrons. The first-order chi connectivity index (χ1) is 7.22. The van der Waals surface area contributed by atoms with Crippen LogP contribution in [0.15, 0.2) is 29.0 Å². The van der Waals surface area contributed by atoms with E-state index >= 15 is 0 Å². The van der Waals surface area contributed by atoms with Gasteiger partial charge in [-0.2, -0.15) is 0 Å². The second kappa shape index (κ2) is 3.92. The van der Waals surface area contributed by atoms with Crippen molar-refractivity contribution in [3.05, 3.63) is 34.7 Å². The monoisotopic (exact) mass is 266 g/mol. The number of nitrogens with zero attached hydrogens (tertiary/aromatic N) is 2. The Morgan fingerprint density at radius 3 is 2.93 bits per heavy atom. The van der Waals surface area contributed by atoms with Gasteiger partial charge in [0, 0.05) is 17.8 Å². The second-order valence-electron chi connectivity index (χ2n) is 2.86. The summed E-state index contributed by atoms with van der Waals surface area (Å²) < 4.78 is 0.742. The average Bonchev–Trinajstić information content (AvgIpc) is 2.28. The van der Waals surface area contributed by atoms with Crippen LogP contribution in [0.4, 0.5) is 0 Å². The lowest BCUT2D eigenvalue weighted by Crippen LogP contribution is -2.30. The molecular formula is C9H7BrN4O. The molecule has 0 unspecified atom stereocenters. The van der Waals surface area contributed by atoms with Crippen molar-refractivity contribution < 1.29 is 4.79 Å². The highest BCUT2D eigenvalue weighted by Crippen LogP contribution is 2.20. The Kier molecular flexibility index (Phi) is 2.61. The van der Waals surface area contributed by atoms with Gasteiger partial charge in [-0.25, -0.2) is 10.8 Å². The van der Waals surface area contributed by atoms with E-state index in [1.165, 1.54) is 0 Å². The van der Waals surface area contributed by atoms with Crippen LogP contribution in [0.2, 0.25) is 0 Å². The maximum absolute atomic E-state index is 11.2. The predicted molar refractivity (Wildman–Crippen MR) is 58.9 cm³/mol. The fraction of sp³-hybridized carbons (Fsp3) is 0. The number of pyridine rings is 2. The summed E-state index contributed by atoms with van der Waals surface area (Å²) in [5.41, 5.74) is 2.99. The van der Waals surface area contributed by atoms with Gasteiger partial charge in [0.25, 0.3) is 5.91 Å². The van der Waals surface area contributed by atoms with Crippen LogP contribution >= 0.6 is 15.9 Å². The van der Waals surface area contributed by atoms with Crippen LogP contribution in [0.25, 0.3) is 10.9 Å². The van der Waals surface area contributed by atoms with Gasteiger partial charge in [0.1, 0.15) is 5.69 Å². The van der Waals surface area contributed by atoms with Gasteiger partial charge in [-0.05, 0) is 28.1 Å². The van der Waals surface area contributed by atoms with Crippen LogP contribution in [-0.2, 0) is 0 Å². The number of fused-ring (bicyclic) bond motifs is 1. The molecule has 0 aliphatic heterocycles. The van der Waals surface area contributed by atoms with Gasteiger partial charge in [0.2, 0.25) is 0 Å².